The molecule has 1 fully saturated rings. The van der Waals surface area contributed by atoms with Crippen molar-refractivity contribution in [3.05, 3.63) is 59.7 Å². The van der Waals surface area contributed by atoms with Crippen LogP contribution < -0.4 is 9.47 Å². The topological polar surface area (TPSA) is 48.0 Å². The molecule has 0 N–H and O–H groups in total. The first-order valence-electron chi connectivity index (χ1n) is 9.84. The molecule has 0 atom stereocenters. The molecule has 1 heterocycles. The number of nitrogens with zero attached hydrogens (tertiary/aromatic N) is 1. The lowest BCUT2D eigenvalue weighted by Gasteiger charge is -2.39. The fraction of sp³-hybridized carbons (Fsp3) is 0.435. The van der Waals surface area contributed by atoms with Crippen molar-refractivity contribution in [3.63, 3.8) is 0 Å². The number of hydrogen-bond donors (Lipinski definition) is 0. The molecule has 28 heavy (non-hydrogen) atoms. The van der Waals surface area contributed by atoms with Crippen molar-refractivity contribution >= 4 is 5.91 Å². The minimum absolute atomic E-state index is 0.180. The summed E-state index contributed by atoms with van der Waals surface area (Å²) in [6, 6.07) is 16.2. The summed E-state index contributed by atoms with van der Waals surface area (Å²) in [6.07, 6.45) is 3.41. The van der Waals surface area contributed by atoms with E-state index in [0.717, 1.165) is 25.0 Å². The molecule has 2 aromatic carbocycles. The normalized spacial score (nSPS) is 13.9. The van der Waals surface area contributed by atoms with Crippen LogP contribution in [-0.2, 0) is 22.4 Å². The number of likely N-dealkylation sites (tertiary alicyclic amines) is 1. The maximum atomic E-state index is 12.4. The first kappa shape index (κ1) is 20.2. The molecule has 150 valence electrons. The number of aryl methyl sites for hydroxylation is 2. The minimum Gasteiger partial charge on any atom is -0.493 e. The predicted molar refractivity (Wildman–Crippen MR) is 109 cm³/mol. The number of hydrogen-bond acceptors (Lipinski definition) is 4. The van der Waals surface area contributed by atoms with Gasteiger partial charge in [0.1, 0.15) is 0 Å². The monoisotopic (exact) mass is 383 g/mol. The molecule has 5 heteroatoms. The molecule has 0 unspecified atom stereocenters. The molecule has 0 aliphatic carbocycles. The van der Waals surface area contributed by atoms with Crippen molar-refractivity contribution in [2.45, 2.75) is 31.8 Å². The highest BCUT2D eigenvalue weighted by Crippen LogP contribution is 2.28. The van der Waals surface area contributed by atoms with Crippen molar-refractivity contribution in [2.24, 2.45) is 0 Å². The van der Waals surface area contributed by atoms with E-state index in [1.165, 1.54) is 5.56 Å². The molecular weight excluding hydrogens is 354 g/mol. The summed E-state index contributed by atoms with van der Waals surface area (Å²) in [6.45, 7) is 2.15. The third-order valence-corrected chi connectivity index (χ3v) is 5.08. The highest BCUT2D eigenvalue weighted by Gasteiger charge is 2.30. The van der Waals surface area contributed by atoms with E-state index < -0.39 is 0 Å². The maximum absolute atomic E-state index is 12.4. The molecule has 1 aliphatic heterocycles. The second kappa shape index (κ2) is 10.1. The van der Waals surface area contributed by atoms with Crippen molar-refractivity contribution in [1.29, 1.82) is 0 Å². The summed E-state index contributed by atoms with van der Waals surface area (Å²) in [5.41, 5.74) is 2.41. The molecule has 1 saturated heterocycles. The standard InChI is InChI=1S/C23H29NO4/c1-26-21-12-10-19(15-22(21)27-2)11-13-23(25)24-16-20(17-24)28-14-6-9-18-7-4-3-5-8-18/h3-5,7-8,10,12,15,20H,6,9,11,13-14,16-17H2,1-2H3. The maximum Gasteiger partial charge on any atom is 0.223 e. The molecule has 0 saturated carbocycles. The van der Waals surface area contributed by atoms with E-state index in [-0.39, 0.29) is 12.0 Å². The van der Waals surface area contributed by atoms with Crippen LogP contribution in [0.3, 0.4) is 0 Å². The van der Waals surface area contributed by atoms with Crippen LogP contribution in [0.2, 0.25) is 0 Å². The van der Waals surface area contributed by atoms with Gasteiger partial charge in [-0.1, -0.05) is 36.4 Å². The number of carbonyl (C=O) groups is 1. The Kier molecular flexibility index (Phi) is 7.31. The van der Waals surface area contributed by atoms with E-state index in [2.05, 4.69) is 24.3 Å². The Hall–Kier alpha value is -2.53. The van der Waals surface area contributed by atoms with Gasteiger partial charge in [0.15, 0.2) is 11.5 Å². The van der Waals surface area contributed by atoms with Crippen molar-refractivity contribution in [3.8, 4) is 11.5 Å². The third kappa shape index (κ3) is 5.49. The van der Waals surface area contributed by atoms with Crippen LogP contribution >= 0.6 is 0 Å². The zero-order valence-corrected chi connectivity index (χ0v) is 16.7. The van der Waals surface area contributed by atoms with Crippen LogP contribution in [0.15, 0.2) is 48.5 Å². The second-order valence-electron chi connectivity index (χ2n) is 7.07. The van der Waals surface area contributed by atoms with Gasteiger partial charge < -0.3 is 19.1 Å². The molecule has 1 aliphatic rings. The zero-order valence-electron chi connectivity index (χ0n) is 16.7. The minimum atomic E-state index is 0.180. The van der Waals surface area contributed by atoms with Gasteiger partial charge in [0, 0.05) is 26.1 Å². The molecule has 2 aromatic rings. The summed E-state index contributed by atoms with van der Waals surface area (Å²) in [7, 11) is 3.23. The van der Waals surface area contributed by atoms with Gasteiger partial charge in [0.2, 0.25) is 5.91 Å². The van der Waals surface area contributed by atoms with Crippen molar-refractivity contribution in [2.75, 3.05) is 33.9 Å². The highest BCUT2D eigenvalue weighted by molar-refractivity contribution is 5.77. The lowest BCUT2D eigenvalue weighted by atomic mass is 10.1. The smallest absolute Gasteiger partial charge is 0.223 e. The van der Waals surface area contributed by atoms with Crippen LogP contribution in [0, 0.1) is 0 Å². The van der Waals surface area contributed by atoms with E-state index in [1.54, 1.807) is 14.2 Å². The van der Waals surface area contributed by atoms with Crippen LogP contribution in [0.25, 0.3) is 0 Å². The van der Waals surface area contributed by atoms with E-state index in [0.29, 0.717) is 37.4 Å². The average molecular weight is 383 g/mol. The van der Waals surface area contributed by atoms with Crippen molar-refractivity contribution in [1.82, 2.24) is 4.90 Å². The number of ether oxygens (including phenoxy) is 3. The molecule has 0 spiro atoms. The summed E-state index contributed by atoms with van der Waals surface area (Å²) >= 11 is 0. The van der Waals surface area contributed by atoms with Crippen molar-refractivity contribution < 1.29 is 19.0 Å². The Morgan fingerprint density at radius 2 is 1.71 bits per heavy atom. The quantitative estimate of drug-likeness (QED) is 0.589. The summed E-state index contributed by atoms with van der Waals surface area (Å²) in [5.74, 6) is 1.58. The number of methoxy groups -OCH3 is 2. The highest BCUT2D eigenvalue weighted by atomic mass is 16.5. The van der Waals surface area contributed by atoms with Gasteiger partial charge >= 0.3 is 0 Å². The van der Waals surface area contributed by atoms with E-state index in [1.807, 2.05) is 29.2 Å². The summed E-state index contributed by atoms with van der Waals surface area (Å²) in [5, 5.41) is 0. The first-order valence-corrected chi connectivity index (χ1v) is 9.84. The van der Waals surface area contributed by atoms with Gasteiger partial charge in [0.05, 0.1) is 20.3 Å². The van der Waals surface area contributed by atoms with Gasteiger partial charge in [-0.3, -0.25) is 4.79 Å². The van der Waals surface area contributed by atoms with Crippen LogP contribution in [0.4, 0.5) is 0 Å². The van der Waals surface area contributed by atoms with Gasteiger partial charge in [-0.15, -0.1) is 0 Å². The Morgan fingerprint density at radius 1 is 0.964 bits per heavy atom. The van der Waals surface area contributed by atoms with Gasteiger partial charge in [-0.05, 0) is 42.5 Å². The second-order valence-corrected chi connectivity index (χ2v) is 7.07. The number of carbonyl (C=O) groups excluding carboxylic acids is 1. The van der Waals surface area contributed by atoms with Crippen LogP contribution in [-0.4, -0.2) is 50.8 Å². The average Bonchev–Trinajstić information content (AvgIpc) is 2.71. The lowest BCUT2D eigenvalue weighted by molar-refractivity contribution is -0.144. The van der Waals surface area contributed by atoms with E-state index in [9.17, 15) is 4.79 Å². The number of benzene rings is 2. The molecule has 5 nitrogen and oxygen atoms in total. The van der Waals surface area contributed by atoms with E-state index >= 15 is 0 Å². The van der Waals surface area contributed by atoms with Gasteiger partial charge in [-0.25, -0.2) is 0 Å². The predicted octanol–water partition coefficient (Wildman–Crippen LogP) is 3.50. The van der Waals surface area contributed by atoms with Gasteiger partial charge in [-0.2, -0.15) is 0 Å². The molecule has 0 bridgehead atoms. The Balaban J connectivity index is 1.32. The van der Waals surface area contributed by atoms with E-state index in [4.69, 9.17) is 14.2 Å². The zero-order chi connectivity index (χ0) is 19.8. The third-order valence-electron chi connectivity index (χ3n) is 5.08. The SMILES string of the molecule is COc1ccc(CCC(=O)N2CC(OCCCc3ccccc3)C2)cc1OC. The van der Waals surface area contributed by atoms with Crippen LogP contribution in [0.5, 0.6) is 11.5 Å². The Labute approximate surface area is 167 Å². The number of rotatable bonds is 10. The summed E-state index contributed by atoms with van der Waals surface area (Å²) < 4.78 is 16.4. The number of amides is 1. The summed E-state index contributed by atoms with van der Waals surface area (Å²) in [4.78, 5) is 14.2. The Morgan fingerprint density at radius 3 is 2.43 bits per heavy atom. The molecular formula is C23H29NO4. The molecule has 1 amide bonds. The first-order chi connectivity index (χ1) is 13.7. The molecule has 0 aromatic heterocycles. The fourth-order valence-electron chi connectivity index (χ4n) is 3.36. The lowest BCUT2D eigenvalue weighted by Crippen LogP contribution is -2.54. The Bertz CT molecular complexity index is 756. The molecule has 0 radical (unpaired) electrons. The van der Waals surface area contributed by atoms with Gasteiger partial charge in [0.25, 0.3) is 0 Å². The largest absolute Gasteiger partial charge is 0.493 e. The van der Waals surface area contributed by atoms with Crippen LogP contribution in [0.1, 0.15) is 24.0 Å². The molecule has 3 rings (SSSR count). The fourth-order valence-corrected chi connectivity index (χ4v) is 3.36.